The van der Waals surface area contributed by atoms with E-state index < -0.39 is 0 Å². The maximum Gasteiger partial charge on any atom is 0.224 e. The number of hydrogen-bond acceptors (Lipinski definition) is 4. The predicted molar refractivity (Wildman–Crippen MR) is 115 cm³/mol. The molecule has 0 unspecified atom stereocenters. The molecule has 6 nitrogen and oxygen atoms in total. The van der Waals surface area contributed by atoms with Gasteiger partial charge in [0, 0.05) is 45.8 Å². The second-order valence-corrected chi connectivity index (χ2v) is 8.12. The predicted octanol–water partition coefficient (Wildman–Crippen LogP) is 3.00. The molecule has 1 amide bonds. The van der Waals surface area contributed by atoms with E-state index in [2.05, 4.69) is 22.1 Å². The lowest BCUT2D eigenvalue weighted by molar-refractivity contribution is -0.131. The molecule has 2 aromatic rings. The Kier molecular flexibility index (Phi) is 7.69. The summed E-state index contributed by atoms with van der Waals surface area (Å²) in [5, 5.41) is 4.36. The Morgan fingerprint density at radius 3 is 2.86 bits per heavy atom. The number of likely N-dealkylation sites (tertiary alicyclic amines) is 1. The van der Waals surface area contributed by atoms with Crippen molar-refractivity contribution in [2.24, 2.45) is 5.92 Å². The molecule has 0 bridgehead atoms. The Bertz CT molecular complexity index is 789. The molecule has 0 N–H and O–H groups in total. The zero-order chi connectivity index (χ0) is 20.6. The van der Waals surface area contributed by atoms with Gasteiger partial charge in [-0.15, -0.1) is 0 Å². The maximum absolute atomic E-state index is 12.5. The minimum atomic E-state index is 0.198. The van der Waals surface area contributed by atoms with Crippen LogP contribution < -0.4 is 4.74 Å². The molecule has 158 valence electrons. The highest BCUT2D eigenvalue weighted by atomic mass is 16.5. The molecule has 3 rings (SSSR count). The first-order valence-electron chi connectivity index (χ1n) is 10.6. The van der Waals surface area contributed by atoms with Gasteiger partial charge in [-0.3, -0.25) is 9.48 Å². The Hall–Kier alpha value is -2.34. The van der Waals surface area contributed by atoms with Crippen LogP contribution in [0, 0.1) is 12.8 Å². The molecule has 1 aliphatic rings. The molecule has 1 aromatic heterocycles. The average molecular weight is 399 g/mol. The second kappa shape index (κ2) is 10.4. The Morgan fingerprint density at radius 1 is 1.28 bits per heavy atom. The summed E-state index contributed by atoms with van der Waals surface area (Å²) in [5.41, 5.74) is 2.25. The minimum absolute atomic E-state index is 0.198. The van der Waals surface area contributed by atoms with Crippen molar-refractivity contribution in [2.45, 2.75) is 39.2 Å². The monoisotopic (exact) mass is 398 g/mol. The van der Waals surface area contributed by atoms with E-state index >= 15 is 0 Å². The molecule has 0 radical (unpaired) electrons. The number of benzene rings is 1. The molecule has 0 saturated carbocycles. The van der Waals surface area contributed by atoms with Gasteiger partial charge in [0.1, 0.15) is 5.75 Å². The van der Waals surface area contributed by atoms with Crippen LogP contribution in [0.25, 0.3) is 0 Å². The number of hydrogen-bond donors (Lipinski definition) is 0. The van der Waals surface area contributed by atoms with E-state index in [1.54, 1.807) is 7.11 Å². The number of piperidine rings is 1. The van der Waals surface area contributed by atoms with Crippen molar-refractivity contribution in [1.82, 2.24) is 19.6 Å². The maximum atomic E-state index is 12.5. The second-order valence-electron chi connectivity index (χ2n) is 8.12. The lowest BCUT2D eigenvalue weighted by atomic mass is 9.97. The summed E-state index contributed by atoms with van der Waals surface area (Å²) >= 11 is 0. The summed E-state index contributed by atoms with van der Waals surface area (Å²) in [6.45, 7) is 6.68. The third-order valence-corrected chi connectivity index (χ3v) is 5.78. The molecule has 1 aliphatic heterocycles. The fourth-order valence-electron chi connectivity index (χ4n) is 4.17. The lowest BCUT2D eigenvalue weighted by Gasteiger charge is -2.34. The number of aromatic nitrogens is 2. The van der Waals surface area contributed by atoms with Crippen LogP contribution >= 0.6 is 0 Å². The normalized spacial score (nSPS) is 17.3. The standard InChI is InChI=1S/C23H34N4O2/c1-19-10-15-27(24-19)16-12-23(28)25(2)17-20-7-6-13-26(18-20)14-11-21-8-4-5-9-22(21)29-3/h4-5,8-10,15,20H,6-7,11-14,16-18H2,1-3H3/t20-/m1/s1. The molecule has 1 atom stereocenters. The van der Waals surface area contributed by atoms with Gasteiger partial charge in [-0.25, -0.2) is 0 Å². The summed E-state index contributed by atoms with van der Waals surface area (Å²) in [7, 11) is 3.67. The summed E-state index contributed by atoms with van der Waals surface area (Å²) in [6.07, 6.45) is 5.83. The highest BCUT2D eigenvalue weighted by Crippen LogP contribution is 2.21. The van der Waals surface area contributed by atoms with Crippen molar-refractivity contribution in [3.05, 3.63) is 47.8 Å². The Morgan fingerprint density at radius 2 is 2.10 bits per heavy atom. The molecule has 1 aromatic carbocycles. The van der Waals surface area contributed by atoms with Gasteiger partial charge in [-0.05, 0) is 56.3 Å². The zero-order valence-electron chi connectivity index (χ0n) is 18.0. The summed E-state index contributed by atoms with van der Waals surface area (Å²) in [4.78, 5) is 17.0. The van der Waals surface area contributed by atoms with E-state index in [4.69, 9.17) is 4.74 Å². The van der Waals surface area contributed by atoms with Gasteiger partial charge in [0.25, 0.3) is 0 Å². The van der Waals surface area contributed by atoms with Crippen LogP contribution in [0.4, 0.5) is 0 Å². The quantitative estimate of drug-likeness (QED) is 0.652. The topological polar surface area (TPSA) is 50.6 Å². The fourth-order valence-corrected chi connectivity index (χ4v) is 4.17. The van der Waals surface area contributed by atoms with Crippen LogP contribution in [-0.2, 0) is 17.8 Å². The van der Waals surface area contributed by atoms with E-state index in [9.17, 15) is 4.79 Å². The van der Waals surface area contributed by atoms with Gasteiger partial charge in [-0.2, -0.15) is 5.10 Å². The average Bonchev–Trinajstić information content (AvgIpc) is 3.16. The molecule has 29 heavy (non-hydrogen) atoms. The molecule has 1 saturated heterocycles. The van der Waals surface area contributed by atoms with Gasteiger partial charge in [-0.1, -0.05) is 18.2 Å². The largest absolute Gasteiger partial charge is 0.496 e. The van der Waals surface area contributed by atoms with E-state index in [1.807, 2.05) is 47.9 Å². The van der Waals surface area contributed by atoms with Gasteiger partial charge >= 0.3 is 0 Å². The molecular weight excluding hydrogens is 364 g/mol. The van der Waals surface area contributed by atoms with Crippen LogP contribution in [-0.4, -0.2) is 65.8 Å². The highest BCUT2D eigenvalue weighted by Gasteiger charge is 2.22. The number of aryl methyl sites for hydroxylation is 2. The van der Waals surface area contributed by atoms with E-state index in [0.29, 0.717) is 18.9 Å². The summed E-state index contributed by atoms with van der Waals surface area (Å²) in [5.74, 6) is 1.71. The van der Waals surface area contributed by atoms with Crippen molar-refractivity contribution in [1.29, 1.82) is 0 Å². The van der Waals surface area contributed by atoms with E-state index in [0.717, 1.165) is 44.0 Å². The highest BCUT2D eigenvalue weighted by molar-refractivity contribution is 5.75. The number of rotatable bonds is 9. The van der Waals surface area contributed by atoms with Gasteiger partial charge in [0.05, 0.1) is 12.8 Å². The van der Waals surface area contributed by atoms with Gasteiger partial charge in [0.2, 0.25) is 5.91 Å². The van der Waals surface area contributed by atoms with Crippen LogP contribution in [0.5, 0.6) is 5.75 Å². The van der Waals surface area contributed by atoms with Crippen molar-refractivity contribution in [3.8, 4) is 5.75 Å². The van der Waals surface area contributed by atoms with Crippen molar-refractivity contribution in [3.63, 3.8) is 0 Å². The van der Waals surface area contributed by atoms with E-state index in [1.165, 1.54) is 18.4 Å². The van der Waals surface area contributed by atoms with Crippen molar-refractivity contribution < 1.29 is 9.53 Å². The van der Waals surface area contributed by atoms with Gasteiger partial charge in [0.15, 0.2) is 0 Å². The number of para-hydroxylation sites is 1. The van der Waals surface area contributed by atoms with Crippen LogP contribution in [0.15, 0.2) is 36.5 Å². The zero-order valence-corrected chi connectivity index (χ0v) is 18.0. The SMILES string of the molecule is COc1ccccc1CCN1CCC[C@H](CN(C)C(=O)CCn2ccc(C)n2)C1. The smallest absolute Gasteiger partial charge is 0.224 e. The minimum Gasteiger partial charge on any atom is -0.496 e. The number of amides is 1. The molecule has 2 heterocycles. The van der Waals surface area contributed by atoms with Crippen LogP contribution in [0.3, 0.4) is 0 Å². The number of ether oxygens (including phenoxy) is 1. The number of carbonyl (C=O) groups is 1. The number of methoxy groups -OCH3 is 1. The number of nitrogens with zero attached hydrogens (tertiary/aromatic N) is 4. The Labute approximate surface area is 174 Å². The molecule has 0 spiro atoms. The molecular formula is C23H34N4O2. The van der Waals surface area contributed by atoms with Gasteiger partial charge < -0.3 is 14.5 Å². The number of carbonyl (C=O) groups excluding carboxylic acids is 1. The summed E-state index contributed by atoms with van der Waals surface area (Å²) in [6, 6.07) is 10.2. The third kappa shape index (κ3) is 6.32. The lowest BCUT2D eigenvalue weighted by Crippen LogP contribution is -2.42. The molecule has 1 fully saturated rings. The van der Waals surface area contributed by atoms with E-state index in [-0.39, 0.29) is 5.91 Å². The molecule has 6 heteroatoms. The summed E-state index contributed by atoms with van der Waals surface area (Å²) < 4.78 is 7.32. The first-order chi connectivity index (χ1) is 14.0. The van der Waals surface area contributed by atoms with Crippen LogP contribution in [0.1, 0.15) is 30.5 Å². The Balaban J connectivity index is 1.43. The first-order valence-corrected chi connectivity index (χ1v) is 10.6. The van der Waals surface area contributed by atoms with Crippen molar-refractivity contribution >= 4 is 5.91 Å². The third-order valence-electron chi connectivity index (χ3n) is 5.78. The first kappa shape index (κ1) is 21.4. The van der Waals surface area contributed by atoms with Crippen LogP contribution in [0.2, 0.25) is 0 Å². The fraction of sp³-hybridized carbons (Fsp3) is 0.565. The molecule has 0 aliphatic carbocycles. The van der Waals surface area contributed by atoms with Crippen molar-refractivity contribution in [2.75, 3.05) is 40.3 Å².